The molecule has 6 atom stereocenters. The van der Waals surface area contributed by atoms with Gasteiger partial charge in [-0.05, 0) is 58.0 Å². The van der Waals surface area contributed by atoms with Crippen molar-refractivity contribution in [3.05, 3.63) is 35.1 Å². The third-order valence-corrected chi connectivity index (χ3v) is 7.77. The Morgan fingerprint density at radius 2 is 2.06 bits per heavy atom. The van der Waals surface area contributed by atoms with E-state index in [1.54, 1.807) is 13.2 Å². The number of piperidine rings is 1. The van der Waals surface area contributed by atoms with Crippen LogP contribution >= 0.6 is 0 Å². The minimum atomic E-state index is -1.13. The van der Waals surface area contributed by atoms with Crippen LogP contribution in [0.5, 0.6) is 11.5 Å². The van der Waals surface area contributed by atoms with Gasteiger partial charge >= 0.3 is 11.9 Å². The van der Waals surface area contributed by atoms with Crippen LogP contribution in [0.1, 0.15) is 37.8 Å². The van der Waals surface area contributed by atoms with Gasteiger partial charge in [0.05, 0.1) is 18.1 Å². The third kappa shape index (κ3) is 2.88. The van der Waals surface area contributed by atoms with Gasteiger partial charge < -0.3 is 34.7 Å². The summed E-state index contributed by atoms with van der Waals surface area (Å²) in [5.41, 5.74) is 5.75. The van der Waals surface area contributed by atoms with E-state index < -0.39 is 41.2 Å². The van der Waals surface area contributed by atoms with Crippen molar-refractivity contribution in [3.8, 4) is 11.5 Å². The molecule has 178 valence electrons. The number of methoxy groups -OCH3 is 1. The lowest BCUT2D eigenvalue weighted by molar-refractivity contribution is -0.175. The van der Waals surface area contributed by atoms with Crippen molar-refractivity contribution in [2.45, 2.75) is 68.4 Å². The van der Waals surface area contributed by atoms with Crippen LogP contribution in [0.3, 0.4) is 0 Å². The van der Waals surface area contributed by atoms with Crippen LogP contribution in [0.2, 0.25) is 0 Å². The first-order valence-electron chi connectivity index (χ1n) is 11.3. The summed E-state index contributed by atoms with van der Waals surface area (Å²) in [5.74, 6) is 0.102. The van der Waals surface area contributed by atoms with Crippen LogP contribution in [0.15, 0.2) is 24.0 Å². The first kappa shape index (κ1) is 22.2. The van der Waals surface area contributed by atoms with E-state index in [1.807, 2.05) is 19.2 Å². The molecule has 2 bridgehead atoms. The fraction of sp³-hybridized carbons (Fsp3) is 0.583. The SMILES string of the molecule is COc1ccc2c3c1O[C@H]1C(OC(=O)[C@H](C)OC(=O)[C@H](C)N)=CC[C@@]4(O)[C@@H](C2)N(C)CC[C@]314. The number of benzene rings is 1. The second kappa shape index (κ2) is 7.44. The van der Waals surface area contributed by atoms with Gasteiger partial charge in [-0.15, -0.1) is 0 Å². The smallest absolute Gasteiger partial charge is 0.352 e. The molecule has 0 radical (unpaired) electrons. The maximum Gasteiger partial charge on any atom is 0.352 e. The molecule has 2 aliphatic heterocycles. The third-order valence-electron chi connectivity index (χ3n) is 7.77. The Bertz CT molecular complexity index is 1050. The van der Waals surface area contributed by atoms with Gasteiger partial charge in [0.1, 0.15) is 11.8 Å². The Labute approximate surface area is 192 Å². The molecule has 0 unspecified atom stereocenters. The highest BCUT2D eigenvalue weighted by atomic mass is 16.6. The van der Waals surface area contributed by atoms with Crippen molar-refractivity contribution < 1.29 is 33.6 Å². The molecule has 4 aliphatic rings. The molecule has 9 nitrogen and oxygen atoms in total. The minimum absolute atomic E-state index is 0.0939. The standard InChI is InChI=1S/C24H30N2O7/c1-12(25)21(27)31-13(2)22(28)32-16-7-8-24(29)17-11-14-5-6-15(30-4)19-18(14)23(24,20(16)33-19)9-10-26(17)3/h5-7,12-13,17,20,29H,8-11,25H2,1-4H3/t12-,13-,17+,20-,23-,24+/m0/s1. The van der Waals surface area contributed by atoms with E-state index in [2.05, 4.69) is 4.90 Å². The molecule has 0 amide bonds. The highest BCUT2D eigenvalue weighted by Crippen LogP contribution is 2.65. The quantitative estimate of drug-likeness (QED) is 0.617. The molecule has 1 aromatic carbocycles. The fourth-order valence-electron chi connectivity index (χ4n) is 6.12. The number of carbonyl (C=O) groups excluding carboxylic acids is 2. The van der Waals surface area contributed by atoms with E-state index >= 15 is 0 Å². The maximum atomic E-state index is 12.8. The molecule has 3 N–H and O–H groups in total. The highest BCUT2D eigenvalue weighted by Gasteiger charge is 2.72. The van der Waals surface area contributed by atoms with Crippen molar-refractivity contribution in [1.29, 1.82) is 0 Å². The monoisotopic (exact) mass is 458 g/mol. The summed E-state index contributed by atoms with van der Waals surface area (Å²) < 4.78 is 22.9. The topological polar surface area (TPSA) is 121 Å². The van der Waals surface area contributed by atoms with Crippen LogP contribution in [0.4, 0.5) is 0 Å². The number of hydrogen-bond donors (Lipinski definition) is 2. The number of carbonyl (C=O) groups is 2. The predicted octanol–water partition coefficient (Wildman–Crippen LogP) is 0.795. The highest BCUT2D eigenvalue weighted by molar-refractivity contribution is 5.82. The van der Waals surface area contributed by atoms with E-state index in [-0.39, 0.29) is 6.04 Å². The fourth-order valence-corrected chi connectivity index (χ4v) is 6.12. The van der Waals surface area contributed by atoms with Crippen LogP contribution in [0.25, 0.3) is 0 Å². The molecule has 9 heteroatoms. The van der Waals surface area contributed by atoms with Gasteiger partial charge in [-0.1, -0.05) is 6.07 Å². The van der Waals surface area contributed by atoms with Gasteiger partial charge in [0.25, 0.3) is 0 Å². The summed E-state index contributed by atoms with van der Waals surface area (Å²) in [5, 5.41) is 12.2. The minimum Gasteiger partial charge on any atom is -0.493 e. The molecule has 1 spiro atoms. The zero-order chi connectivity index (χ0) is 23.7. The number of likely N-dealkylation sites (tertiary alicyclic amines) is 1. The Hall–Kier alpha value is -2.62. The summed E-state index contributed by atoms with van der Waals surface area (Å²) in [4.78, 5) is 26.8. The number of likely N-dealkylation sites (N-methyl/N-ethyl adjacent to an activating group) is 1. The second-order valence-corrected chi connectivity index (χ2v) is 9.57. The van der Waals surface area contributed by atoms with Gasteiger partial charge in [-0.25, -0.2) is 4.79 Å². The second-order valence-electron chi connectivity index (χ2n) is 9.57. The Balaban J connectivity index is 1.54. The van der Waals surface area contributed by atoms with E-state index in [9.17, 15) is 14.7 Å². The molecular weight excluding hydrogens is 428 g/mol. The maximum absolute atomic E-state index is 12.8. The van der Waals surface area contributed by atoms with E-state index in [4.69, 9.17) is 24.7 Å². The molecule has 0 aromatic heterocycles. The molecular formula is C24H30N2O7. The van der Waals surface area contributed by atoms with Crippen LogP contribution < -0.4 is 15.2 Å². The Morgan fingerprint density at radius 1 is 1.30 bits per heavy atom. The van der Waals surface area contributed by atoms with E-state index in [1.165, 1.54) is 13.8 Å². The average Bonchev–Trinajstić information content (AvgIpc) is 3.13. The van der Waals surface area contributed by atoms with Crippen molar-refractivity contribution in [3.63, 3.8) is 0 Å². The van der Waals surface area contributed by atoms with Gasteiger partial charge in [0, 0.05) is 18.0 Å². The number of ether oxygens (including phenoxy) is 4. The number of hydrogen-bond acceptors (Lipinski definition) is 9. The van der Waals surface area contributed by atoms with Crippen LogP contribution in [-0.2, 0) is 30.9 Å². The number of aliphatic hydroxyl groups is 1. The molecule has 2 heterocycles. The van der Waals surface area contributed by atoms with Crippen molar-refractivity contribution in [1.82, 2.24) is 4.90 Å². The molecule has 33 heavy (non-hydrogen) atoms. The number of rotatable bonds is 5. The predicted molar refractivity (Wildman–Crippen MR) is 117 cm³/mol. The van der Waals surface area contributed by atoms with Gasteiger partial charge in [-0.3, -0.25) is 4.79 Å². The number of nitrogens with two attached hydrogens (primary N) is 1. The Kier molecular flexibility index (Phi) is 5.00. The zero-order valence-corrected chi connectivity index (χ0v) is 19.3. The van der Waals surface area contributed by atoms with E-state index in [0.717, 1.165) is 17.7 Å². The summed E-state index contributed by atoms with van der Waals surface area (Å²) in [7, 11) is 3.61. The van der Waals surface area contributed by atoms with Crippen molar-refractivity contribution >= 4 is 11.9 Å². The normalized spacial score (nSPS) is 33.2. The molecule has 5 rings (SSSR count). The molecule has 0 saturated carbocycles. The Morgan fingerprint density at radius 3 is 2.76 bits per heavy atom. The molecule has 2 aliphatic carbocycles. The summed E-state index contributed by atoms with van der Waals surface area (Å²) in [6.07, 6.45) is 1.56. The zero-order valence-electron chi connectivity index (χ0n) is 19.3. The number of esters is 2. The van der Waals surface area contributed by atoms with E-state index in [0.29, 0.717) is 36.5 Å². The molecule has 1 fully saturated rings. The van der Waals surface area contributed by atoms with Crippen molar-refractivity contribution in [2.75, 3.05) is 20.7 Å². The van der Waals surface area contributed by atoms with Gasteiger partial charge in [-0.2, -0.15) is 0 Å². The molecule has 1 aromatic rings. The lowest BCUT2D eigenvalue weighted by Gasteiger charge is -2.61. The van der Waals surface area contributed by atoms with Crippen molar-refractivity contribution in [2.24, 2.45) is 5.73 Å². The summed E-state index contributed by atoms with van der Waals surface area (Å²) in [6.45, 7) is 3.70. The first-order valence-corrected chi connectivity index (χ1v) is 11.3. The average molecular weight is 459 g/mol. The largest absolute Gasteiger partial charge is 0.493 e. The lowest BCUT2D eigenvalue weighted by Crippen LogP contribution is -2.74. The first-order chi connectivity index (χ1) is 15.6. The van der Waals surface area contributed by atoms with Crippen LogP contribution in [-0.4, -0.2) is 72.5 Å². The molecule has 1 saturated heterocycles. The van der Waals surface area contributed by atoms with Gasteiger partial charge in [0.15, 0.2) is 23.7 Å². The van der Waals surface area contributed by atoms with Gasteiger partial charge in [0.2, 0.25) is 0 Å². The summed E-state index contributed by atoms with van der Waals surface area (Å²) >= 11 is 0. The number of nitrogens with zero attached hydrogens (tertiary/aromatic N) is 1. The lowest BCUT2D eigenvalue weighted by atomic mass is 9.50. The van der Waals surface area contributed by atoms with Crippen LogP contribution in [0, 0.1) is 0 Å². The summed E-state index contributed by atoms with van der Waals surface area (Å²) in [6, 6.07) is 2.98.